The molecule has 1 aromatic carbocycles. The number of urea groups is 1. The van der Waals surface area contributed by atoms with Crippen LogP contribution in [0.15, 0.2) is 24.3 Å². The minimum atomic E-state index is -1.24. The summed E-state index contributed by atoms with van der Waals surface area (Å²) in [6.07, 6.45) is -3.49. The van der Waals surface area contributed by atoms with Gasteiger partial charge in [0.05, 0.1) is 18.8 Å². The third-order valence-electron chi connectivity index (χ3n) is 3.75. The predicted molar refractivity (Wildman–Crippen MR) is 85.3 cm³/mol. The third-order valence-corrected chi connectivity index (χ3v) is 3.75. The van der Waals surface area contributed by atoms with Gasteiger partial charge in [-0.2, -0.15) is 0 Å². The number of amides is 2. The van der Waals surface area contributed by atoms with Crippen molar-refractivity contribution >= 4 is 11.7 Å². The molecule has 0 aromatic heterocycles. The molecule has 10 nitrogen and oxygen atoms in total. The smallest absolute Gasteiger partial charge is 0.318 e. The maximum Gasteiger partial charge on any atom is 0.318 e. The largest absolute Gasteiger partial charge is 0.462 e. The minimum Gasteiger partial charge on any atom is -0.462 e. The number of hydroxylamine groups is 2. The zero-order valence-electron chi connectivity index (χ0n) is 13.7. The van der Waals surface area contributed by atoms with Crippen molar-refractivity contribution < 1.29 is 34.9 Å². The van der Waals surface area contributed by atoms with E-state index in [1.165, 1.54) is 7.05 Å². The number of hydrogen-bond acceptors (Lipinski definition) is 8. The fraction of sp³-hybridized carbons (Fsp3) is 0.533. The SMILES string of the molecule is CNC(=O)Nc1ccc(OC2OC(CCN(O)O)CC(O)C2O)cc1. The van der Waals surface area contributed by atoms with Crippen molar-refractivity contribution in [1.82, 2.24) is 10.5 Å². The van der Waals surface area contributed by atoms with E-state index in [1.54, 1.807) is 24.3 Å². The van der Waals surface area contributed by atoms with E-state index < -0.39 is 24.6 Å². The van der Waals surface area contributed by atoms with Crippen molar-refractivity contribution in [1.29, 1.82) is 0 Å². The van der Waals surface area contributed by atoms with E-state index in [-0.39, 0.29) is 30.6 Å². The molecule has 1 aromatic rings. The molecule has 2 rings (SSSR count). The highest BCUT2D eigenvalue weighted by Crippen LogP contribution is 2.26. The zero-order valence-corrected chi connectivity index (χ0v) is 13.7. The fourth-order valence-electron chi connectivity index (χ4n) is 2.40. The van der Waals surface area contributed by atoms with Crippen LogP contribution in [0.4, 0.5) is 10.5 Å². The monoisotopic (exact) mass is 357 g/mol. The average Bonchev–Trinajstić information content (AvgIpc) is 2.58. The summed E-state index contributed by atoms with van der Waals surface area (Å²) in [5.41, 5.74) is 0.556. The Hall–Kier alpha value is -1.95. The van der Waals surface area contributed by atoms with Gasteiger partial charge in [-0.05, 0) is 30.7 Å². The first-order valence-electron chi connectivity index (χ1n) is 7.81. The summed E-state index contributed by atoms with van der Waals surface area (Å²) in [6, 6.07) is 6.04. The van der Waals surface area contributed by atoms with E-state index in [2.05, 4.69) is 10.6 Å². The zero-order chi connectivity index (χ0) is 18.4. The Bertz CT molecular complexity index is 555. The van der Waals surface area contributed by atoms with E-state index in [1.807, 2.05) is 0 Å². The van der Waals surface area contributed by atoms with E-state index in [4.69, 9.17) is 19.9 Å². The summed E-state index contributed by atoms with van der Waals surface area (Å²) >= 11 is 0. The fourth-order valence-corrected chi connectivity index (χ4v) is 2.40. The number of aliphatic hydroxyl groups excluding tert-OH is 2. The molecule has 1 fully saturated rings. The maximum absolute atomic E-state index is 11.2. The first-order chi connectivity index (χ1) is 11.9. The molecular formula is C15H23N3O7. The second kappa shape index (κ2) is 8.94. The Morgan fingerprint density at radius 3 is 2.60 bits per heavy atom. The lowest BCUT2D eigenvalue weighted by Gasteiger charge is -2.37. The molecule has 0 saturated carbocycles. The van der Waals surface area contributed by atoms with Gasteiger partial charge in [0.2, 0.25) is 6.29 Å². The van der Waals surface area contributed by atoms with Crippen LogP contribution in [-0.2, 0) is 4.74 Å². The van der Waals surface area contributed by atoms with Crippen molar-refractivity contribution in [2.24, 2.45) is 0 Å². The number of nitrogens with one attached hydrogen (secondary N) is 2. The number of anilines is 1. The molecule has 10 heteroatoms. The summed E-state index contributed by atoms with van der Waals surface area (Å²) in [6.45, 7) is -0.0694. The van der Waals surface area contributed by atoms with Crippen LogP contribution in [-0.4, -0.2) is 70.1 Å². The number of carbonyl (C=O) groups excluding carboxylic acids is 1. The molecule has 1 saturated heterocycles. The molecule has 1 aliphatic rings. The van der Waals surface area contributed by atoms with Gasteiger partial charge in [-0.15, -0.1) is 0 Å². The first kappa shape index (κ1) is 19.4. The van der Waals surface area contributed by atoms with Gasteiger partial charge in [-0.3, -0.25) is 10.4 Å². The third kappa shape index (κ3) is 5.81. The molecular weight excluding hydrogens is 334 g/mol. The lowest BCUT2D eigenvalue weighted by Crippen LogP contribution is -2.51. The van der Waals surface area contributed by atoms with Crippen LogP contribution in [0.1, 0.15) is 12.8 Å². The van der Waals surface area contributed by atoms with Gasteiger partial charge in [-0.25, -0.2) is 4.79 Å². The number of ether oxygens (including phenoxy) is 2. The molecule has 0 aliphatic carbocycles. The van der Waals surface area contributed by atoms with E-state index >= 15 is 0 Å². The lowest BCUT2D eigenvalue weighted by molar-refractivity contribution is -0.312. The van der Waals surface area contributed by atoms with Gasteiger partial charge >= 0.3 is 6.03 Å². The Labute approximate surface area is 144 Å². The van der Waals surface area contributed by atoms with Crippen LogP contribution in [0.3, 0.4) is 0 Å². The lowest BCUT2D eigenvalue weighted by atomic mass is 10.0. The maximum atomic E-state index is 11.2. The molecule has 1 aliphatic heterocycles. The van der Waals surface area contributed by atoms with Crippen LogP contribution >= 0.6 is 0 Å². The predicted octanol–water partition coefficient (Wildman–Crippen LogP) is 0.124. The van der Waals surface area contributed by atoms with Gasteiger partial charge in [0, 0.05) is 19.2 Å². The van der Waals surface area contributed by atoms with E-state index in [9.17, 15) is 15.0 Å². The normalized spacial score (nSPS) is 26.3. The quantitative estimate of drug-likeness (QED) is 0.394. The van der Waals surface area contributed by atoms with Gasteiger partial charge < -0.3 is 30.3 Å². The molecule has 1 heterocycles. The van der Waals surface area contributed by atoms with Gasteiger partial charge in [0.1, 0.15) is 11.9 Å². The highest BCUT2D eigenvalue weighted by molar-refractivity contribution is 5.88. The van der Waals surface area contributed by atoms with E-state index in [0.29, 0.717) is 11.4 Å². The Balaban J connectivity index is 1.95. The van der Waals surface area contributed by atoms with E-state index in [0.717, 1.165) is 0 Å². The number of rotatable bonds is 6. The number of carbonyl (C=O) groups is 1. The highest BCUT2D eigenvalue weighted by Gasteiger charge is 2.38. The Morgan fingerprint density at radius 2 is 2.00 bits per heavy atom. The second-order valence-electron chi connectivity index (χ2n) is 5.65. The molecule has 25 heavy (non-hydrogen) atoms. The van der Waals surface area contributed by atoms with Crippen LogP contribution < -0.4 is 15.4 Å². The highest BCUT2D eigenvalue weighted by atomic mass is 16.8. The Kier molecular flexibility index (Phi) is 6.93. The average molecular weight is 357 g/mol. The number of hydrogen-bond donors (Lipinski definition) is 6. The van der Waals surface area contributed by atoms with Crippen LogP contribution in [0.25, 0.3) is 0 Å². The molecule has 0 radical (unpaired) electrons. The summed E-state index contributed by atoms with van der Waals surface area (Å²) in [5.74, 6) is 0.380. The Morgan fingerprint density at radius 1 is 1.32 bits per heavy atom. The first-order valence-corrected chi connectivity index (χ1v) is 7.81. The summed E-state index contributed by atoms with van der Waals surface area (Å²) in [4.78, 5) is 11.2. The molecule has 140 valence electrons. The molecule has 0 bridgehead atoms. The van der Waals surface area contributed by atoms with Gasteiger partial charge in [-0.1, -0.05) is 5.23 Å². The van der Waals surface area contributed by atoms with Gasteiger partial charge in [0.25, 0.3) is 0 Å². The van der Waals surface area contributed by atoms with Crippen molar-refractivity contribution in [3.05, 3.63) is 24.3 Å². The molecule has 6 N–H and O–H groups in total. The number of aliphatic hydroxyl groups is 2. The topological polar surface area (TPSA) is 144 Å². The minimum absolute atomic E-state index is 0.0365. The van der Waals surface area contributed by atoms with Crippen LogP contribution in [0.2, 0.25) is 0 Å². The summed E-state index contributed by atoms with van der Waals surface area (Å²) < 4.78 is 11.1. The summed E-state index contributed by atoms with van der Waals surface area (Å²) in [7, 11) is 1.50. The number of benzene rings is 1. The van der Waals surface area contributed by atoms with Crippen LogP contribution in [0, 0.1) is 0 Å². The van der Waals surface area contributed by atoms with Crippen LogP contribution in [0.5, 0.6) is 5.75 Å². The van der Waals surface area contributed by atoms with Crippen molar-refractivity contribution in [2.75, 3.05) is 18.9 Å². The number of nitrogens with zero attached hydrogens (tertiary/aromatic N) is 1. The molecule has 0 spiro atoms. The molecule has 2 amide bonds. The van der Waals surface area contributed by atoms with Gasteiger partial charge in [0.15, 0.2) is 0 Å². The molecule has 4 unspecified atom stereocenters. The standard InChI is InChI=1S/C15H23N3O7/c1-16-15(21)17-9-2-4-10(5-3-9)24-14-13(20)12(19)8-11(25-14)6-7-18(22)23/h2-5,11-14,19-20,22-23H,6-8H2,1H3,(H2,16,17,21). The van der Waals surface area contributed by atoms with Crippen molar-refractivity contribution in [2.45, 2.75) is 37.4 Å². The summed E-state index contributed by atoms with van der Waals surface area (Å²) in [5, 5.41) is 42.5. The van der Waals surface area contributed by atoms with Crippen molar-refractivity contribution in [3.8, 4) is 5.75 Å². The second-order valence-corrected chi connectivity index (χ2v) is 5.65. The molecule has 4 atom stereocenters. The van der Waals surface area contributed by atoms with Crippen molar-refractivity contribution in [3.63, 3.8) is 0 Å².